The van der Waals surface area contributed by atoms with Crippen LogP contribution in [0.1, 0.15) is 21.1 Å². The van der Waals surface area contributed by atoms with Crippen LogP contribution in [-0.4, -0.2) is 16.1 Å². The zero-order valence-electron chi connectivity index (χ0n) is 9.61. The average molecular weight is 327 g/mol. The van der Waals surface area contributed by atoms with E-state index in [1.165, 1.54) is 5.56 Å². The van der Waals surface area contributed by atoms with Gasteiger partial charge in [-0.25, -0.2) is 9.78 Å². The standard InChI is InChI=1S/C12H11BrN2O2S/c1-7-2-3-10(9(13)4-7)14-5-8-6-18-11(15-8)12(16)17/h2-4,6,14H,5H2,1H3,(H,16,17). The largest absolute Gasteiger partial charge is 0.476 e. The number of anilines is 1. The van der Waals surface area contributed by atoms with Gasteiger partial charge >= 0.3 is 5.97 Å². The number of carboxylic acid groups (broad SMARTS) is 1. The van der Waals surface area contributed by atoms with Crippen LogP contribution in [0.15, 0.2) is 28.1 Å². The number of rotatable bonds is 4. The molecule has 0 unspecified atom stereocenters. The van der Waals surface area contributed by atoms with Crippen LogP contribution in [0.5, 0.6) is 0 Å². The highest BCUT2D eigenvalue weighted by molar-refractivity contribution is 9.10. The summed E-state index contributed by atoms with van der Waals surface area (Å²) in [6.45, 7) is 2.53. The van der Waals surface area contributed by atoms with Gasteiger partial charge in [0, 0.05) is 15.5 Å². The summed E-state index contributed by atoms with van der Waals surface area (Å²) in [5.74, 6) is -0.984. The number of nitrogens with one attached hydrogen (secondary N) is 1. The average Bonchev–Trinajstić information content (AvgIpc) is 2.76. The van der Waals surface area contributed by atoms with E-state index < -0.39 is 5.97 Å². The number of benzene rings is 1. The molecule has 0 aliphatic heterocycles. The molecule has 0 fully saturated rings. The first-order chi connectivity index (χ1) is 8.56. The van der Waals surface area contributed by atoms with Gasteiger partial charge in [0.1, 0.15) is 0 Å². The molecule has 94 valence electrons. The Morgan fingerprint density at radius 2 is 2.33 bits per heavy atom. The van der Waals surface area contributed by atoms with Crippen molar-refractivity contribution in [1.29, 1.82) is 0 Å². The van der Waals surface area contributed by atoms with Crippen molar-refractivity contribution in [2.45, 2.75) is 13.5 Å². The summed E-state index contributed by atoms with van der Waals surface area (Å²) in [7, 11) is 0. The molecule has 0 atom stereocenters. The minimum Gasteiger partial charge on any atom is -0.476 e. The normalized spacial score (nSPS) is 10.3. The van der Waals surface area contributed by atoms with Gasteiger partial charge in [-0.1, -0.05) is 6.07 Å². The van der Waals surface area contributed by atoms with E-state index in [0.717, 1.165) is 27.2 Å². The van der Waals surface area contributed by atoms with E-state index in [1.807, 2.05) is 25.1 Å². The van der Waals surface area contributed by atoms with Gasteiger partial charge in [-0.05, 0) is 40.5 Å². The van der Waals surface area contributed by atoms with Crippen molar-refractivity contribution >= 4 is 38.9 Å². The smallest absolute Gasteiger partial charge is 0.365 e. The molecule has 2 aromatic rings. The second kappa shape index (κ2) is 5.49. The minimum absolute atomic E-state index is 0.120. The third-order valence-electron chi connectivity index (χ3n) is 2.32. The molecule has 1 aromatic carbocycles. The van der Waals surface area contributed by atoms with E-state index in [2.05, 4.69) is 26.2 Å². The predicted molar refractivity (Wildman–Crippen MR) is 75.3 cm³/mol. The number of aryl methyl sites for hydroxylation is 1. The van der Waals surface area contributed by atoms with Crippen LogP contribution in [0, 0.1) is 6.92 Å². The van der Waals surface area contributed by atoms with E-state index in [0.29, 0.717) is 6.54 Å². The number of nitrogens with zero attached hydrogens (tertiary/aromatic N) is 1. The van der Waals surface area contributed by atoms with E-state index in [9.17, 15) is 4.79 Å². The molecule has 0 saturated carbocycles. The van der Waals surface area contributed by atoms with Gasteiger partial charge in [-0.2, -0.15) is 0 Å². The van der Waals surface area contributed by atoms with Crippen LogP contribution in [0.25, 0.3) is 0 Å². The highest BCUT2D eigenvalue weighted by Crippen LogP contribution is 2.24. The van der Waals surface area contributed by atoms with Crippen molar-refractivity contribution in [3.8, 4) is 0 Å². The Morgan fingerprint density at radius 3 is 2.94 bits per heavy atom. The summed E-state index contributed by atoms with van der Waals surface area (Å²) >= 11 is 4.61. The number of thiazole rings is 1. The lowest BCUT2D eigenvalue weighted by atomic mass is 10.2. The number of hydrogen-bond acceptors (Lipinski definition) is 4. The summed E-state index contributed by atoms with van der Waals surface area (Å²) in [6, 6.07) is 6.01. The van der Waals surface area contributed by atoms with Crippen LogP contribution >= 0.6 is 27.3 Å². The number of aromatic carboxylic acids is 1. The molecule has 18 heavy (non-hydrogen) atoms. The first kappa shape index (κ1) is 13.0. The summed E-state index contributed by atoms with van der Waals surface area (Å²) < 4.78 is 0.983. The maximum atomic E-state index is 10.7. The van der Waals surface area contributed by atoms with Crippen molar-refractivity contribution in [3.63, 3.8) is 0 Å². The van der Waals surface area contributed by atoms with Gasteiger partial charge in [0.25, 0.3) is 0 Å². The van der Waals surface area contributed by atoms with Crippen LogP contribution in [0.4, 0.5) is 5.69 Å². The molecule has 6 heteroatoms. The number of carbonyl (C=O) groups is 1. The molecule has 0 amide bonds. The second-order valence-electron chi connectivity index (χ2n) is 3.79. The molecule has 0 saturated heterocycles. The minimum atomic E-state index is -0.984. The van der Waals surface area contributed by atoms with Crippen LogP contribution in [-0.2, 0) is 6.54 Å². The van der Waals surface area contributed by atoms with Gasteiger partial charge in [-0.3, -0.25) is 0 Å². The van der Waals surface area contributed by atoms with Gasteiger partial charge in [0.05, 0.1) is 12.2 Å². The monoisotopic (exact) mass is 326 g/mol. The quantitative estimate of drug-likeness (QED) is 0.902. The van der Waals surface area contributed by atoms with E-state index in [-0.39, 0.29) is 5.01 Å². The summed E-state index contributed by atoms with van der Waals surface area (Å²) in [5.41, 5.74) is 2.87. The van der Waals surface area contributed by atoms with Crippen molar-refractivity contribution < 1.29 is 9.90 Å². The second-order valence-corrected chi connectivity index (χ2v) is 5.50. The third kappa shape index (κ3) is 3.08. The molecular weight excluding hydrogens is 316 g/mol. The molecular formula is C12H11BrN2O2S. The molecule has 0 radical (unpaired) electrons. The number of aromatic nitrogens is 1. The predicted octanol–water partition coefficient (Wildman–Crippen LogP) is 3.52. The summed E-state index contributed by atoms with van der Waals surface area (Å²) in [6.07, 6.45) is 0. The highest BCUT2D eigenvalue weighted by Gasteiger charge is 2.08. The van der Waals surface area contributed by atoms with Crippen LogP contribution in [0.2, 0.25) is 0 Å². The number of hydrogen-bond donors (Lipinski definition) is 2. The number of carboxylic acids is 1. The maximum absolute atomic E-state index is 10.7. The van der Waals surface area contributed by atoms with E-state index >= 15 is 0 Å². The Bertz CT molecular complexity index is 583. The summed E-state index contributed by atoms with van der Waals surface area (Å²) in [4.78, 5) is 14.7. The fourth-order valence-corrected chi connectivity index (χ4v) is 2.72. The first-order valence-corrected chi connectivity index (χ1v) is 6.91. The third-order valence-corrected chi connectivity index (χ3v) is 3.85. The Balaban J connectivity index is 2.04. The lowest BCUT2D eigenvalue weighted by Crippen LogP contribution is -2.02. The van der Waals surface area contributed by atoms with Crippen molar-refractivity contribution in [1.82, 2.24) is 4.98 Å². The SMILES string of the molecule is Cc1ccc(NCc2csc(C(=O)O)n2)c(Br)c1. The van der Waals surface area contributed by atoms with Crippen LogP contribution < -0.4 is 5.32 Å². The Hall–Kier alpha value is -1.40. The van der Waals surface area contributed by atoms with Crippen molar-refractivity contribution in [2.75, 3.05) is 5.32 Å². The topological polar surface area (TPSA) is 62.2 Å². The first-order valence-electron chi connectivity index (χ1n) is 5.24. The molecule has 0 aliphatic rings. The fraction of sp³-hybridized carbons (Fsp3) is 0.167. The molecule has 4 nitrogen and oxygen atoms in total. The van der Waals surface area contributed by atoms with Crippen molar-refractivity contribution in [2.24, 2.45) is 0 Å². The fourth-order valence-electron chi connectivity index (χ4n) is 1.44. The maximum Gasteiger partial charge on any atom is 0.365 e. The zero-order valence-corrected chi connectivity index (χ0v) is 12.0. The Kier molecular flexibility index (Phi) is 3.98. The molecule has 1 aromatic heterocycles. The molecule has 0 bridgehead atoms. The zero-order chi connectivity index (χ0) is 13.1. The van der Waals surface area contributed by atoms with E-state index in [1.54, 1.807) is 5.38 Å². The molecule has 0 spiro atoms. The number of halogens is 1. The Morgan fingerprint density at radius 1 is 1.56 bits per heavy atom. The Labute approximate surface area is 117 Å². The summed E-state index contributed by atoms with van der Waals surface area (Å²) in [5, 5.41) is 13.9. The lowest BCUT2D eigenvalue weighted by molar-refractivity contribution is 0.0696. The molecule has 0 aliphatic carbocycles. The lowest BCUT2D eigenvalue weighted by Gasteiger charge is -2.07. The van der Waals surface area contributed by atoms with Gasteiger partial charge < -0.3 is 10.4 Å². The van der Waals surface area contributed by atoms with Gasteiger partial charge in [-0.15, -0.1) is 11.3 Å². The van der Waals surface area contributed by atoms with Gasteiger partial charge in [0.2, 0.25) is 5.01 Å². The highest BCUT2D eigenvalue weighted by atomic mass is 79.9. The molecule has 1 heterocycles. The molecule has 2 N–H and O–H groups in total. The van der Waals surface area contributed by atoms with Crippen molar-refractivity contribution in [3.05, 3.63) is 44.3 Å². The molecule has 2 rings (SSSR count). The van der Waals surface area contributed by atoms with E-state index in [4.69, 9.17) is 5.11 Å². The van der Waals surface area contributed by atoms with Gasteiger partial charge in [0.15, 0.2) is 0 Å². The van der Waals surface area contributed by atoms with Crippen LogP contribution in [0.3, 0.4) is 0 Å².